The van der Waals surface area contributed by atoms with Crippen molar-refractivity contribution >= 4 is 17.5 Å². The first-order valence-corrected chi connectivity index (χ1v) is 9.87. The standard InChI is InChI=1S/C20H22F5N5O2/c1-10-15(11(2)20(23,24)25)29-30(9-12-3-5-19(21,22)8-12)16(10)18(32)28-13-4-6-27-14(7-13)17(26)31/h4,6-7,11-12H,3,5,8-9H2,1-2H3,(H2,26,31)(H,27,28,32). The van der Waals surface area contributed by atoms with Gasteiger partial charge >= 0.3 is 6.18 Å². The summed E-state index contributed by atoms with van der Waals surface area (Å²) in [4.78, 5) is 28.0. The number of primary amides is 1. The van der Waals surface area contributed by atoms with Crippen molar-refractivity contribution in [1.82, 2.24) is 14.8 Å². The Morgan fingerprint density at radius 2 is 2.06 bits per heavy atom. The van der Waals surface area contributed by atoms with E-state index in [1.165, 1.54) is 25.3 Å². The lowest BCUT2D eigenvalue weighted by Gasteiger charge is -2.14. The third-order valence-corrected chi connectivity index (χ3v) is 5.55. The van der Waals surface area contributed by atoms with Gasteiger partial charge in [-0.2, -0.15) is 18.3 Å². The van der Waals surface area contributed by atoms with Crippen molar-refractivity contribution in [2.75, 3.05) is 5.32 Å². The lowest BCUT2D eigenvalue weighted by Crippen LogP contribution is -2.22. The van der Waals surface area contributed by atoms with Gasteiger partial charge in [0.25, 0.3) is 11.8 Å². The number of amides is 2. The van der Waals surface area contributed by atoms with E-state index in [4.69, 9.17) is 5.73 Å². The monoisotopic (exact) mass is 459 g/mol. The number of hydrogen-bond acceptors (Lipinski definition) is 4. The van der Waals surface area contributed by atoms with Crippen molar-refractivity contribution < 1.29 is 31.5 Å². The molecular weight excluding hydrogens is 437 g/mol. The average molecular weight is 459 g/mol. The average Bonchev–Trinajstić information content (AvgIpc) is 3.19. The minimum absolute atomic E-state index is 0.00117. The summed E-state index contributed by atoms with van der Waals surface area (Å²) in [5.74, 6) is -6.96. The zero-order chi connectivity index (χ0) is 23.8. The fraction of sp³-hybridized carbons (Fsp3) is 0.500. The number of alkyl halides is 5. The number of carbonyl (C=O) groups is 2. The lowest BCUT2D eigenvalue weighted by atomic mass is 10.0. The second-order valence-electron chi connectivity index (χ2n) is 8.02. The van der Waals surface area contributed by atoms with Gasteiger partial charge in [0.1, 0.15) is 11.4 Å². The molecule has 0 spiro atoms. The Balaban J connectivity index is 1.96. The molecule has 0 aliphatic heterocycles. The predicted octanol–water partition coefficient (Wildman–Crippen LogP) is 4.04. The molecule has 0 saturated heterocycles. The fourth-order valence-electron chi connectivity index (χ4n) is 3.83. The molecule has 12 heteroatoms. The van der Waals surface area contributed by atoms with Crippen LogP contribution in [0.4, 0.5) is 27.6 Å². The van der Waals surface area contributed by atoms with Crippen molar-refractivity contribution in [3.63, 3.8) is 0 Å². The van der Waals surface area contributed by atoms with E-state index in [9.17, 15) is 31.5 Å². The number of hydrogen-bond donors (Lipinski definition) is 2. The number of carbonyl (C=O) groups excluding carboxylic acids is 2. The summed E-state index contributed by atoms with van der Waals surface area (Å²) in [7, 11) is 0. The van der Waals surface area contributed by atoms with E-state index >= 15 is 0 Å². The highest BCUT2D eigenvalue weighted by Crippen LogP contribution is 2.40. The SMILES string of the molecule is Cc1c(C(C)C(F)(F)F)nn(CC2CCC(F)(F)C2)c1C(=O)Nc1ccnc(C(N)=O)c1. The molecule has 2 aromatic rings. The highest BCUT2D eigenvalue weighted by atomic mass is 19.4. The van der Waals surface area contributed by atoms with Crippen LogP contribution in [0.1, 0.15) is 64.3 Å². The van der Waals surface area contributed by atoms with Gasteiger partial charge in [0.15, 0.2) is 0 Å². The smallest absolute Gasteiger partial charge is 0.364 e. The van der Waals surface area contributed by atoms with Crippen molar-refractivity contribution in [3.05, 3.63) is 41.0 Å². The third-order valence-electron chi connectivity index (χ3n) is 5.55. The van der Waals surface area contributed by atoms with E-state index in [0.29, 0.717) is 0 Å². The zero-order valence-electron chi connectivity index (χ0n) is 17.3. The predicted molar refractivity (Wildman–Crippen MR) is 104 cm³/mol. The normalized spacial score (nSPS) is 19.0. The number of pyridine rings is 1. The molecule has 32 heavy (non-hydrogen) atoms. The van der Waals surface area contributed by atoms with Crippen molar-refractivity contribution in [2.45, 2.75) is 57.7 Å². The number of halogens is 5. The van der Waals surface area contributed by atoms with Crippen molar-refractivity contribution in [2.24, 2.45) is 11.7 Å². The van der Waals surface area contributed by atoms with Crippen LogP contribution >= 0.6 is 0 Å². The Hall–Kier alpha value is -3.05. The zero-order valence-corrected chi connectivity index (χ0v) is 17.3. The first-order chi connectivity index (χ1) is 14.8. The Morgan fingerprint density at radius 3 is 2.62 bits per heavy atom. The molecule has 2 unspecified atom stereocenters. The highest BCUT2D eigenvalue weighted by molar-refractivity contribution is 6.04. The largest absolute Gasteiger partial charge is 0.397 e. The van der Waals surface area contributed by atoms with Gasteiger partial charge in [0, 0.05) is 36.8 Å². The molecule has 3 rings (SSSR count). The molecule has 2 aromatic heterocycles. The number of anilines is 1. The molecule has 1 aliphatic rings. The number of rotatable bonds is 6. The van der Waals surface area contributed by atoms with Gasteiger partial charge in [-0.15, -0.1) is 0 Å². The van der Waals surface area contributed by atoms with Crippen molar-refractivity contribution in [1.29, 1.82) is 0 Å². The van der Waals surface area contributed by atoms with Gasteiger partial charge in [-0.05, 0) is 38.3 Å². The molecule has 1 fully saturated rings. The molecule has 3 N–H and O–H groups in total. The molecule has 0 bridgehead atoms. The Bertz CT molecular complexity index is 1030. The summed E-state index contributed by atoms with van der Waals surface area (Å²) in [6.45, 7) is 2.14. The lowest BCUT2D eigenvalue weighted by molar-refractivity contribution is -0.147. The minimum Gasteiger partial charge on any atom is -0.364 e. The van der Waals surface area contributed by atoms with Crippen LogP contribution in [0.15, 0.2) is 18.3 Å². The summed E-state index contributed by atoms with van der Waals surface area (Å²) in [5.41, 5.74) is 4.68. The maximum absolute atomic E-state index is 13.6. The number of aromatic nitrogens is 3. The van der Waals surface area contributed by atoms with E-state index in [0.717, 1.165) is 11.6 Å². The maximum atomic E-state index is 13.6. The summed E-state index contributed by atoms with van der Waals surface area (Å²) < 4.78 is 68.3. The summed E-state index contributed by atoms with van der Waals surface area (Å²) >= 11 is 0. The first-order valence-electron chi connectivity index (χ1n) is 9.87. The Morgan fingerprint density at radius 1 is 1.38 bits per heavy atom. The van der Waals surface area contributed by atoms with Crippen LogP contribution in [0.2, 0.25) is 0 Å². The molecule has 174 valence electrons. The summed E-state index contributed by atoms with van der Waals surface area (Å²) in [5, 5.41) is 6.49. The van der Waals surface area contributed by atoms with E-state index in [2.05, 4.69) is 15.4 Å². The van der Waals surface area contributed by atoms with Crippen molar-refractivity contribution in [3.8, 4) is 0 Å². The van der Waals surface area contributed by atoms with Crippen LogP contribution in [0.5, 0.6) is 0 Å². The van der Waals surface area contributed by atoms with Crippen LogP contribution in [0.25, 0.3) is 0 Å². The van der Waals surface area contributed by atoms with Crippen LogP contribution in [-0.2, 0) is 6.54 Å². The van der Waals surface area contributed by atoms with Gasteiger partial charge in [-0.25, -0.2) is 8.78 Å². The molecule has 1 aliphatic carbocycles. The molecule has 0 aromatic carbocycles. The Labute approximate surface area is 180 Å². The second kappa shape index (κ2) is 8.47. The number of nitrogens with zero attached hydrogens (tertiary/aromatic N) is 3. The topological polar surface area (TPSA) is 103 Å². The van der Waals surface area contributed by atoms with Crippen LogP contribution < -0.4 is 11.1 Å². The molecule has 7 nitrogen and oxygen atoms in total. The van der Waals surface area contributed by atoms with E-state index < -0.39 is 42.2 Å². The number of nitrogens with two attached hydrogens (primary N) is 1. The van der Waals surface area contributed by atoms with E-state index in [1.54, 1.807) is 0 Å². The third kappa shape index (κ3) is 5.05. The molecule has 2 atom stereocenters. The molecule has 1 saturated carbocycles. The fourth-order valence-corrected chi connectivity index (χ4v) is 3.83. The van der Waals surface area contributed by atoms with Crippen LogP contribution in [-0.4, -0.2) is 38.7 Å². The second-order valence-corrected chi connectivity index (χ2v) is 8.02. The minimum atomic E-state index is -4.60. The maximum Gasteiger partial charge on any atom is 0.397 e. The highest BCUT2D eigenvalue weighted by Gasteiger charge is 2.42. The summed E-state index contributed by atoms with van der Waals surface area (Å²) in [6, 6.07) is 2.59. The van der Waals surface area contributed by atoms with Crippen LogP contribution in [0, 0.1) is 12.8 Å². The van der Waals surface area contributed by atoms with Gasteiger partial charge < -0.3 is 11.1 Å². The van der Waals surface area contributed by atoms with Gasteiger partial charge in [-0.1, -0.05) is 0 Å². The van der Waals surface area contributed by atoms with Crippen LogP contribution in [0.3, 0.4) is 0 Å². The molecule has 2 heterocycles. The molecule has 0 radical (unpaired) electrons. The van der Waals surface area contributed by atoms with Gasteiger partial charge in [-0.3, -0.25) is 19.3 Å². The molecule has 2 amide bonds. The van der Waals surface area contributed by atoms with E-state index in [-0.39, 0.29) is 47.7 Å². The van der Waals surface area contributed by atoms with Gasteiger partial charge in [0.05, 0.1) is 11.6 Å². The Kier molecular flexibility index (Phi) is 6.25. The first kappa shape index (κ1) is 23.6. The molecular formula is C20H22F5N5O2. The quantitative estimate of drug-likeness (QED) is 0.637. The van der Waals surface area contributed by atoms with Gasteiger partial charge in [0.2, 0.25) is 5.92 Å². The summed E-state index contributed by atoms with van der Waals surface area (Å²) in [6.07, 6.45) is -3.94. The number of nitrogens with one attached hydrogen (secondary N) is 1. The van der Waals surface area contributed by atoms with E-state index in [1.807, 2.05) is 0 Å².